The van der Waals surface area contributed by atoms with Crippen LogP contribution in [0.15, 0.2) is 18.2 Å². The fourth-order valence-electron chi connectivity index (χ4n) is 2.72. The minimum Gasteiger partial charge on any atom is -0.376 e. The number of quaternary nitrogens is 1. The van der Waals surface area contributed by atoms with Crippen LogP contribution in [0.25, 0.3) is 0 Å². The second-order valence-corrected chi connectivity index (χ2v) is 5.97. The molecule has 1 aliphatic heterocycles. The summed E-state index contributed by atoms with van der Waals surface area (Å²) in [6.07, 6.45) is 0. The van der Waals surface area contributed by atoms with Crippen LogP contribution in [-0.2, 0) is 0 Å². The number of nitrogens with zero attached hydrogens (tertiary/aromatic N) is 1. The lowest BCUT2D eigenvalue weighted by atomic mass is 10.0. The first kappa shape index (κ1) is 14.3. The monoisotopic (exact) mass is 278 g/mol. The Kier molecular flexibility index (Phi) is 4.42. The van der Waals surface area contributed by atoms with Gasteiger partial charge in [-0.1, -0.05) is 12.1 Å². The fraction of sp³-hybridized carbons (Fsp3) is 0.533. The minimum atomic E-state index is 0.535. The Morgan fingerprint density at radius 3 is 2.42 bits per heavy atom. The van der Waals surface area contributed by atoms with Crippen LogP contribution >= 0.6 is 12.2 Å². The van der Waals surface area contributed by atoms with Crippen molar-refractivity contribution in [2.45, 2.75) is 26.8 Å². The van der Waals surface area contributed by atoms with Crippen LogP contribution in [0, 0.1) is 13.8 Å². The van der Waals surface area contributed by atoms with Crippen LogP contribution in [0.4, 0.5) is 0 Å². The molecule has 3 N–H and O–H groups in total. The van der Waals surface area contributed by atoms with E-state index in [2.05, 4.69) is 43.9 Å². The van der Waals surface area contributed by atoms with E-state index in [1.807, 2.05) is 0 Å². The predicted molar refractivity (Wildman–Crippen MR) is 83.4 cm³/mol. The molecule has 1 fully saturated rings. The Hall–Kier alpha value is -1.13. The van der Waals surface area contributed by atoms with Gasteiger partial charge in [0.15, 0.2) is 5.11 Å². The average molecular weight is 278 g/mol. The van der Waals surface area contributed by atoms with Crippen molar-refractivity contribution in [1.29, 1.82) is 0 Å². The summed E-state index contributed by atoms with van der Waals surface area (Å²) >= 11 is 5.04. The highest BCUT2D eigenvalue weighted by atomic mass is 32.1. The highest BCUT2D eigenvalue weighted by Crippen LogP contribution is 2.15. The lowest BCUT2D eigenvalue weighted by Crippen LogP contribution is -3.14. The van der Waals surface area contributed by atoms with Gasteiger partial charge >= 0.3 is 0 Å². The van der Waals surface area contributed by atoms with Crippen molar-refractivity contribution < 1.29 is 4.90 Å². The van der Waals surface area contributed by atoms with Crippen molar-refractivity contribution >= 4 is 17.3 Å². The third-order valence-corrected chi connectivity index (χ3v) is 4.62. The molecule has 0 saturated carbocycles. The quantitative estimate of drug-likeness (QED) is 0.786. The molecule has 1 saturated heterocycles. The van der Waals surface area contributed by atoms with E-state index in [-0.39, 0.29) is 0 Å². The van der Waals surface area contributed by atoms with Gasteiger partial charge < -0.3 is 15.5 Å². The third kappa shape index (κ3) is 3.25. The molecule has 0 aromatic heterocycles. The summed E-state index contributed by atoms with van der Waals surface area (Å²) in [4.78, 5) is 3.72. The zero-order chi connectivity index (χ0) is 14.0. The van der Waals surface area contributed by atoms with Gasteiger partial charge in [0.05, 0.1) is 26.2 Å². The van der Waals surface area contributed by atoms with Gasteiger partial charge in [0.2, 0.25) is 0 Å². The van der Waals surface area contributed by atoms with E-state index >= 15 is 0 Å². The highest BCUT2D eigenvalue weighted by molar-refractivity contribution is 7.80. The highest BCUT2D eigenvalue weighted by Gasteiger charge is 2.25. The second kappa shape index (κ2) is 5.88. The van der Waals surface area contributed by atoms with Gasteiger partial charge in [0, 0.05) is 5.56 Å². The van der Waals surface area contributed by atoms with Crippen LogP contribution < -0.4 is 10.6 Å². The smallest absolute Gasteiger partial charge is 0.166 e. The molecule has 4 heteroatoms. The Morgan fingerprint density at radius 2 is 1.89 bits per heavy atom. The van der Waals surface area contributed by atoms with Gasteiger partial charge in [-0.15, -0.1) is 0 Å². The van der Waals surface area contributed by atoms with Crippen LogP contribution in [0.5, 0.6) is 0 Å². The van der Waals surface area contributed by atoms with Crippen molar-refractivity contribution in [3.05, 3.63) is 34.9 Å². The number of nitrogens with one attached hydrogen (secondary N) is 1. The molecule has 1 atom stereocenters. The van der Waals surface area contributed by atoms with E-state index in [1.165, 1.54) is 16.7 Å². The molecule has 1 aliphatic rings. The van der Waals surface area contributed by atoms with Crippen LogP contribution in [0.1, 0.15) is 29.7 Å². The first-order valence-corrected chi connectivity index (χ1v) is 7.36. The van der Waals surface area contributed by atoms with Gasteiger partial charge in [-0.2, -0.15) is 0 Å². The summed E-state index contributed by atoms with van der Waals surface area (Å²) < 4.78 is 0. The Morgan fingerprint density at radius 1 is 1.26 bits per heavy atom. The van der Waals surface area contributed by atoms with E-state index in [0.29, 0.717) is 11.2 Å². The number of thiocarbonyl (C=S) groups is 1. The SMILES string of the molecule is Cc1ccc([C@@H](C)[NH+]2CCN(C(N)=S)CC2)cc1C. The maximum absolute atomic E-state index is 5.68. The van der Waals surface area contributed by atoms with Crippen LogP contribution in [0.2, 0.25) is 0 Å². The molecule has 1 aromatic carbocycles. The molecule has 3 nitrogen and oxygen atoms in total. The van der Waals surface area contributed by atoms with Gasteiger partial charge in [-0.3, -0.25) is 0 Å². The summed E-state index contributed by atoms with van der Waals surface area (Å²) in [5.41, 5.74) is 9.86. The van der Waals surface area contributed by atoms with E-state index in [9.17, 15) is 0 Å². The summed E-state index contributed by atoms with van der Waals surface area (Å²) in [5, 5.41) is 0.540. The van der Waals surface area contributed by atoms with Crippen molar-refractivity contribution in [2.24, 2.45) is 5.73 Å². The van der Waals surface area contributed by atoms with E-state index in [0.717, 1.165) is 26.2 Å². The van der Waals surface area contributed by atoms with Crippen molar-refractivity contribution in [1.82, 2.24) is 4.90 Å². The molecule has 1 heterocycles. The predicted octanol–water partition coefficient (Wildman–Crippen LogP) is 0.809. The zero-order valence-corrected chi connectivity index (χ0v) is 12.9. The number of hydrogen-bond acceptors (Lipinski definition) is 1. The van der Waals surface area contributed by atoms with E-state index < -0.39 is 0 Å². The van der Waals surface area contributed by atoms with E-state index in [4.69, 9.17) is 18.0 Å². The third-order valence-electron chi connectivity index (χ3n) is 4.36. The number of piperazine rings is 1. The first-order chi connectivity index (χ1) is 8.99. The number of hydrogen-bond donors (Lipinski definition) is 2. The lowest BCUT2D eigenvalue weighted by molar-refractivity contribution is -0.933. The molecular weight excluding hydrogens is 254 g/mol. The van der Waals surface area contributed by atoms with Gasteiger partial charge in [-0.25, -0.2) is 0 Å². The standard InChI is InChI=1S/C15H23N3S/c1-11-4-5-14(10-12(11)2)13(3)17-6-8-18(9-7-17)15(16)19/h4-5,10,13H,6-9H2,1-3H3,(H2,16,19)/p+1/t13-/m1/s1. The summed E-state index contributed by atoms with van der Waals surface area (Å²) in [7, 11) is 0. The molecule has 0 radical (unpaired) electrons. The average Bonchev–Trinajstić information content (AvgIpc) is 2.41. The molecule has 0 amide bonds. The number of aryl methyl sites for hydroxylation is 2. The molecule has 2 rings (SSSR count). The Bertz CT molecular complexity index is 464. The van der Waals surface area contributed by atoms with Gasteiger partial charge in [-0.05, 0) is 50.2 Å². The van der Waals surface area contributed by atoms with E-state index in [1.54, 1.807) is 4.90 Å². The number of nitrogens with two attached hydrogens (primary N) is 1. The molecule has 0 bridgehead atoms. The molecule has 0 spiro atoms. The zero-order valence-electron chi connectivity index (χ0n) is 12.1. The molecule has 19 heavy (non-hydrogen) atoms. The second-order valence-electron chi connectivity index (χ2n) is 5.55. The van der Waals surface area contributed by atoms with Crippen molar-refractivity contribution in [2.75, 3.05) is 26.2 Å². The van der Waals surface area contributed by atoms with Crippen LogP contribution in [0.3, 0.4) is 0 Å². The molecule has 0 unspecified atom stereocenters. The topological polar surface area (TPSA) is 33.7 Å². The summed E-state index contributed by atoms with van der Waals surface area (Å²) in [6, 6.07) is 7.35. The van der Waals surface area contributed by atoms with Crippen molar-refractivity contribution in [3.63, 3.8) is 0 Å². The minimum absolute atomic E-state index is 0.535. The van der Waals surface area contributed by atoms with Gasteiger partial charge in [0.25, 0.3) is 0 Å². The largest absolute Gasteiger partial charge is 0.376 e. The first-order valence-electron chi connectivity index (χ1n) is 6.95. The molecule has 1 aromatic rings. The lowest BCUT2D eigenvalue weighted by Gasteiger charge is -2.35. The summed E-state index contributed by atoms with van der Waals surface area (Å²) in [5.74, 6) is 0. The molecule has 104 valence electrons. The number of benzene rings is 1. The van der Waals surface area contributed by atoms with Crippen LogP contribution in [-0.4, -0.2) is 36.2 Å². The number of rotatable bonds is 2. The van der Waals surface area contributed by atoms with Crippen molar-refractivity contribution in [3.8, 4) is 0 Å². The Balaban J connectivity index is 2.02. The fourth-order valence-corrected chi connectivity index (χ4v) is 2.90. The normalized spacial score (nSPS) is 18.4. The Labute approximate surface area is 121 Å². The molecular formula is C15H24N3S+. The molecule has 0 aliphatic carbocycles. The van der Waals surface area contributed by atoms with Gasteiger partial charge in [0.1, 0.15) is 6.04 Å². The maximum Gasteiger partial charge on any atom is 0.166 e. The maximum atomic E-state index is 5.68. The summed E-state index contributed by atoms with van der Waals surface area (Å²) in [6.45, 7) is 10.8.